The molecule has 5 nitrogen and oxygen atoms in total. The molecular formula is C14H18N2O3S. The van der Waals surface area contributed by atoms with Crippen LogP contribution in [-0.4, -0.2) is 25.7 Å². The monoisotopic (exact) mass is 294 g/mol. The first kappa shape index (κ1) is 14.6. The number of hydrogen-bond donors (Lipinski definition) is 1. The molecule has 1 unspecified atom stereocenters. The molecule has 2 aromatic rings. The number of nitrogens with zero attached hydrogens (tertiary/aromatic N) is 1. The van der Waals surface area contributed by atoms with Crippen LogP contribution in [0.4, 0.5) is 5.69 Å². The van der Waals surface area contributed by atoms with Gasteiger partial charge in [0, 0.05) is 18.7 Å². The molecule has 0 saturated carbocycles. The topological polar surface area (TPSA) is 72.2 Å². The Bertz CT molecular complexity index is 634. The molecule has 0 aliphatic heterocycles. The maximum atomic E-state index is 11.3. The van der Waals surface area contributed by atoms with E-state index in [1.54, 1.807) is 18.5 Å². The lowest BCUT2D eigenvalue weighted by Gasteiger charge is -2.14. The molecule has 0 amide bonds. The van der Waals surface area contributed by atoms with Gasteiger partial charge in [-0.3, -0.25) is 0 Å². The minimum Gasteiger partial charge on any atom is -0.469 e. The summed E-state index contributed by atoms with van der Waals surface area (Å²) in [7, 11) is -3.24. The molecule has 108 valence electrons. The summed E-state index contributed by atoms with van der Waals surface area (Å²) < 4.78 is 27.9. The molecule has 0 saturated heterocycles. The summed E-state index contributed by atoms with van der Waals surface area (Å²) >= 11 is 0. The Balaban J connectivity index is 1.89. The van der Waals surface area contributed by atoms with Crippen LogP contribution in [0, 0.1) is 0 Å². The highest BCUT2D eigenvalue weighted by Gasteiger charge is 2.09. The van der Waals surface area contributed by atoms with E-state index in [1.165, 1.54) is 6.07 Å². The summed E-state index contributed by atoms with van der Waals surface area (Å²) in [6.45, 7) is 2.06. The maximum absolute atomic E-state index is 11.3. The van der Waals surface area contributed by atoms with Crippen LogP contribution in [-0.2, 0) is 16.3 Å². The minimum atomic E-state index is -3.24. The van der Waals surface area contributed by atoms with Gasteiger partial charge in [-0.05, 0) is 37.6 Å². The number of furan rings is 1. The van der Waals surface area contributed by atoms with Crippen molar-refractivity contribution < 1.29 is 12.8 Å². The number of rotatable bonds is 6. The Labute approximate surface area is 119 Å². The van der Waals surface area contributed by atoms with Gasteiger partial charge in [0.1, 0.15) is 5.76 Å². The first-order valence-electron chi connectivity index (χ1n) is 6.40. The van der Waals surface area contributed by atoms with Crippen LogP contribution >= 0.6 is 0 Å². The molecule has 1 N–H and O–H groups in total. The van der Waals surface area contributed by atoms with Crippen molar-refractivity contribution in [3.8, 4) is 0 Å². The van der Waals surface area contributed by atoms with Crippen molar-refractivity contribution in [2.75, 3.05) is 11.6 Å². The average Bonchev–Trinajstić information content (AvgIpc) is 2.89. The van der Waals surface area contributed by atoms with Crippen molar-refractivity contribution in [1.29, 1.82) is 0 Å². The van der Waals surface area contributed by atoms with Crippen LogP contribution in [0.2, 0.25) is 0 Å². The van der Waals surface area contributed by atoms with E-state index >= 15 is 0 Å². The van der Waals surface area contributed by atoms with Gasteiger partial charge < -0.3 is 9.73 Å². The fraction of sp³-hybridized carbons (Fsp3) is 0.357. The van der Waals surface area contributed by atoms with Crippen molar-refractivity contribution in [2.24, 2.45) is 0 Å². The molecule has 0 aliphatic rings. The van der Waals surface area contributed by atoms with Crippen LogP contribution in [0.5, 0.6) is 0 Å². The Kier molecular flexibility index (Phi) is 4.44. The van der Waals surface area contributed by atoms with Crippen molar-refractivity contribution in [3.63, 3.8) is 0 Å². The zero-order valence-electron chi connectivity index (χ0n) is 11.5. The molecule has 20 heavy (non-hydrogen) atoms. The zero-order valence-corrected chi connectivity index (χ0v) is 12.4. The highest BCUT2D eigenvalue weighted by atomic mass is 32.2. The molecule has 0 bridgehead atoms. The Morgan fingerprint density at radius 3 is 2.70 bits per heavy atom. The Hall–Kier alpha value is -1.82. The zero-order chi connectivity index (χ0) is 14.6. The second-order valence-electron chi connectivity index (χ2n) is 4.82. The average molecular weight is 294 g/mol. The lowest BCUT2D eigenvalue weighted by Crippen LogP contribution is -2.16. The van der Waals surface area contributed by atoms with Gasteiger partial charge in [-0.1, -0.05) is 0 Å². The van der Waals surface area contributed by atoms with E-state index in [9.17, 15) is 8.42 Å². The Morgan fingerprint density at radius 1 is 1.35 bits per heavy atom. The molecule has 2 heterocycles. The number of sulfone groups is 1. The van der Waals surface area contributed by atoms with Gasteiger partial charge in [0.25, 0.3) is 0 Å². The van der Waals surface area contributed by atoms with E-state index in [-0.39, 0.29) is 11.1 Å². The van der Waals surface area contributed by atoms with Crippen molar-refractivity contribution in [2.45, 2.75) is 30.8 Å². The smallest absolute Gasteiger partial charge is 0.192 e. The molecule has 0 radical (unpaired) electrons. The SMILES string of the molecule is CC(CCc1ccco1)Nc1ccc(S(C)(=O)=O)nc1. The molecule has 2 aromatic heterocycles. The van der Waals surface area contributed by atoms with E-state index < -0.39 is 9.84 Å². The lowest BCUT2D eigenvalue weighted by molar-refractivity contribution is 0.495. The first-order valence-corrected chi connectivity index (χ1v) is 8.29. The van der Waals surface area contributed by atoms with Gasteiger partial charge in [-0.15, -0.1) is 0 Å². The van der Waals surface area contributed by atoms with E-state index in [4.69, 9.17) is 4.42 Å². The second kappa shape index (κ2) is 6.09. The van der Waals surface area contributed by atoms with Crippen molar-refractivity contribution in [1.82, 2.24) is 4.98 Å². The second-order valence-corrected chi connectivity index (χ2v) is 6.78. The molecule has 0 aliphatic carbocycles. The van der Waals surface area contributed by atoms with Crippen molar-refractivity contribution in [3.05, 3.63) is 42.5 Å². The summed E-state index contributed by atoms with van der Waals surface area (Å²) in [5.74, 6) is 0.962. The first-order chi connectivity index (χ1) is 9.45. The van der Waals surface area contributed by atoms with Crippen LogP contribution in [0.15, 0.2) is 46.2 Å². The quantitative estimate of drug-likeness (QED) is 0.886. The number of aryl methyl sites for hydroxylation is 1. The summed E-state index contributed by atoms with van der Waals surface area (Å²) in [5.41, 5.74) is 0.810. The normalized spacial score (nSPS) is 13.1. The molecule has 6 heteroatoms. The highest BCUT2D eigenvalue weighted by molar-refractivity contribution is 7.90. The number of pyridine rings is 1. The molecular weight excluding hydrogens is 276 g/mol. The van der Waals surface area contributed by atoms with Gasteiger partial charge in [-0.2, -0.15) is 0 Å². The fourth-order valence-electron chi connectivity index (χ4n) is 1.86. The van der Waals surface area contributed by atoms with Crippen LogP contribution in [0.25, 0.3) is 0 Å². The van der Waals surface area contributed by atoms with Crippen LogP contribution in [0.3, 0.4) is 0 Å². The number of nitrogens with one attached hydrogen (secondary N) is 1. The van der Waals surface area contributed by atoms with Gasteiger partial charge in [0.15, 0.2) is 14.9 Å². The summed E-state index contributed by atoms with van der Waals surface area (Å²) in [5, 5.41) is 3.37. The number of aromatic nitrogens is 1. The third kappa shape index (κ3) is 4.09. The van der Waals surface area contributed by atoms with Crippen LogP contribution < -0.4 is 5.32 Å². The van der Waals surface area contributed by atoms with Gasteiger partial charge in [0.05, 0.1) is 18.1 Å². The number of anilines is 1. The maximum Gasteiger partial charge on any atom is 0.192 e. The van der Waals surface area contributed by atoms with E-state index in [1.807, 2.05) is 12.1 Å². The Morgan fingerprint density at radius 2 is 2.15 bits per heavy atom. The highest BCUT2D eigenvalue weighted by Crippen LogP contribution is 2.13. The predicted molar refractivity (Wildman–Crippen MR) is 77.5 cm³/mol. The van der Waals surface area contributed by atoms with Crippen molar-refractivity contribution >= 4 is 15.5 Å². The summed E-state index contributed by atoms with van der Waals surface area (Å²) in [6, 6.07) is 7.31. The van der Waals surface area contributed by atoms with Gasteiger partial charge in [0.2, 0.25) is 0 Å². The predicted octanol–water partition coefficient (Wildman–Crippen LogP) is 2.51. The largest absolute Gasteiger partial charge is 0.469 e. The summed E-state index contributed by atoms with van der Waals surface area (Å²) in [4.78, 5) is 3.94. The molecule has 0 aromatic carbocycles. The molecule has 1 atom stereocenters. The van der Waals surface area contributed by atoms with E-state index in [2.05, 4.69) is 17.2 Å². The minimum absolute atomic E-state index is 0.0892. The van der Waals surface area contributed by atoms with Gasteiger partial charge in [-0.25, -0.2) is 13.4 Å². The fourth-order valence-corrected chi connectivity index (χ4v) is 2.41. The van der Waals surface area contributed by atoms with Gasteiger partial charge >= 0.3 is 0 Å². The summed E-state index contributed by atoms with van der Waals surface area (Å²) in [6.07, 6.45) is 6.13. The molecule has 0 spiro atoms. The third-order valence-corrected chi connectivity index (χ3v) is 3.93. The number of hydrogen-bond acceptors (Lipinski definition) is 5. The lowest BCUT2D eigenvalue weighted by atomic mass is 10.1. The van der Waals surface area contributed by atoms with Crippen LogP contribution in [0.1, 0.15) is 19.1 Å². The molecule has 2 rings (SSSR count). The molecule has 0 fully saturated rings. The third-order valence-electron chi connectivity index (χ3n) is 2.93. The van der Waals surface area contributed by atoms with E-state index in [0.717, 1.165) is 30.5 Å². The standard InChI is InChI=1S/C14H18N2O3S/c1-11(5-7-13-4-3-9-19-13)16-12-6-8-14(15-10-12)20(2,17)18/h3-4,6,8-11,16H,5,7H2,1-2H3. The van der Waals surface area contributed by atoms with E-state index in [0.29, 0.717) is 0 Å².